The minimum absolute atomic E-state index is 0.246. The van der Waals surface area contributed by atoms with Crippen LogP contribution >= 0.6 is 0 Å². The first-order valence-electron chi connectivity index (χ1n) is 5.15. The van der Waals surface area contributed by atoms with Gasteiger partial charge in [-0.15, -0.1) is 0 Å². The van der Waals surface area contributed by atoms with E-state index in [1.54, 1.807) is 17.1 Å². The molecule has 1 saturated heterocycles. The van der Waals surface area contributed by atoms with Gasteiger partial charge in [0.15, 0.2) is 6.04 Å². The molecule has 0 unspecified atom stereocenters. The molecule has 86 valence electrons. The third-order valence-corrected chi connectivity index (χ3v) is 2.54. The molecule has 1 aliphatic rings. The van der Waals surface area contributed by atoms with Crippen LogP contribution < -0.4 is 5.73 Å². The topological polar surface area (TPSA) is 87.2 Å². The van der Waals surface area contributed by atoms with E-state index in [-0.39, 0.29) is 17.9 Å². The molecule has 1 amide bonds. The highest BCUT2D eigenvalue weighted by Crippen LogP contribution is 2.20. The first-order valence-corrected chi connectivity index (χ1v) is 5.15. The summed E-state index contributed by atoms with van der Waals surface area (Å²) in [5.74, 6) is -0.586. The fraction of sp³-hybridized carbons (Fsp3) is 0.500. The van der Waals surface area contributed by atoms with Gasteiger partial charge in [0.1, 0.15) is 0 Å². The predicted octanol–water partition coefficient (Wildman–Crippen LogP) is -0.211. The van der Waals surface area contributed by atoms with E-state index in [0.717, 1.165) is 5.56 Å². The highest BCUT2D eigenvalue weighted by Gasteiger charge is 2.28. The van der Waals surface area contributed by atoms with Gasteiger partial charge in [0.05, 0.1) is 12.8 Å². The van der Waals surface area contributed by atoms with E-state index >= 15 is 0 Å². The molecule has 2 heterocycles. The largest absolute Gasteiger partial charge is 0.464 e. The van der Waals surface area contributed by atoms with Crippen molar-refractivity contribution < 1.29 is 14.3 Å². The number of carbonyl (C=O) groups is 2. The third-order valence-electron chi connectivity index (χ3n) is 2.54. The number of hydrogen-bond donors (Lipinski definition) is 1. The van der Waals surface area contributed by atoms with Crippen molar-refractivity contribution in [1.82, 2.24) is 9.78 Å². The molecule has 6 heteroatoms. The van der Waals surface area contributed by atoms with Crippen molar-refractivity contribution >= 4 is 11.9 Å². The molecule has 1 fully saturated rings. The first-order chi connectivity index (χ1) is 7.66. The Labute approximate surface area is 92.4 Å². The van der Waals surface area contributed by atoms with Crippen LogP contribution in [-0.2, 0) is 20.7 Å². The average molecular weight is 223 g/mol. The summed E-state index contributed by atoms with van der Waals surface area (Å²) in [6, 6.07) is -0.317. The number of nitrogens with zero attached hydrogens (tertiary/aromatic N) is 2. The summed E-state index contributed by atoms with van der Waals surface area (Å²) in [5.41, 5.74) is 5.95. The second kappa shape index (κ2) is 4.34. The second-order valence-electron chi connectivity index (χ2n) is 3.77. The second-order valence-corrected chi connectivity index (χ2v) is 3.77. The van der Waals surface area contributed by atoms with Crippen molar-refractivity contribution in [3.05, 3.63) is 18.0 Å². The number of hydrogen-bond acceptors (Lipinski definition) is 4. The number of esters is 1. The van der Waals surface area contributed by atoms with Crippen LogP contribution in [0.15, 0.2) is 12.4 Å². The van der Waals surface area contributed by atoms with E-state index < -0.39 is 0 Å². The highest BCUT2D eigenvalue weighted by molar-refractivity contribution is 5.75. The van der Waals surface area contributed by atoms with Crippen molar-refractivity contribution in [2.45, 2.75) is 25.3 Å². The summed E-state index contributed by atoms with van der Waals surface area (Å²) in [5, 5.41) is 4.09. The van der Waals surface area contributed by atoms with Gasteiger partial charge >= 0.3 is 5.97 Å². The molecule has 16 heavy (non-hydrogen) atoms. The molecular formula is C10H13N3O3. The van der Waals surface area contributed by atoms with Gasteiger partial charge in [-0.05, 0) is 12.0 Å². The van der Waals surface area contributed by atoms with Crippen molar-refractivity contribution in [3.8, 4) is 0 Å². The Morgan fingerprint density at radius 2 is 2.50 bits per heavy atom. The summed E-state index contributed by atoms with van der Waals surface area (Å²) in [6.07, 6.45) is 4.91. The van der Waals surface area contributed by atoms with E-state index in [0.29, 0.717) is 25.9 Å². The number of aryl methyl sites for hydroxylation is 1. The van der Waals surface area contributed by atoms with E-state index in [4.69, 9.17) is 10.5 Å². The zero-order chi connectivity index (χ0) is 11.5. The number of nitrogens with two attached hydrogens (primary N) is 1. The lowest BCUT2D eigenvalue weighted by Crippen LogP contribution is -2.14. The van der Waals surface area contributed by atoms with E-state index in [1.807, 2.05) is 0 Å². The zero-order valence-electron chi connectivity index (χ0n) is 8.76. The molecule has 0 radical (unpaired) electrons. The summed E-state index contributed by atoms with van der Waals surface area (Å²) < 4.78 is 6.44. The molecule has 0 aliphatic carbocycles. The number of primary amides is 1. The van der Waals surface area contributed by atoms with Gasteiger partial charge < -0.3 is 10.5 Å². The van der Waals surface area contributed by atoms with Crippen molar-refractivity contribution in [1.29, 1.82) is 0 Å². The summed E-state index contributed by atoms with van der Waals surface area (Å²) in [4.78, 5) is 21.9. The van der Waals surface area contributed by atoms with Gasteiger partial charge in [-0.3, -0.25) is 9.48 Å². The lowest BCUT2D eigenvalue weighted by Gasteiger charge is -2.04. The van der Waals surface area contributed by atoms with Crippen LogP contribution in [0.25, 0.3) is 0 Å². The van der Waals surface area contributed by atoms with Crippen LogP contribution in [0.5, 0.6) is 0 Å². The maximum atomic E-state index is 11.3. The minimum atomic E-state index is -0.340. The Morgan fingerprint density at radius 3 is 3.12 bits per heavy atom. The van der Waals surface area contributed by atoms with Crippen LogP contribution in [0, 0.1) is 0 Å². The van der Waals surface area contributed by atoms with E-state index in [2.05, 4.69) is 5.10 Å². The third kappa shape index (κ3) is 2.21. The zero-order valence-corrected chi connectivity index (χ0v) is 8.76. The van der Waals surface area contributed by atoms with Crippen molar-refractivity contribution in [2.24, 2.45) is 5.73 Å². The fourth-order valence-electron chi connectivity index (χ4n) is 1.67. The maximum Gasteiger partial charge on any atom is 0.331 e. The molecule has 1 aliphatic heterocycles. The monoisotopic (exact) mass is 223 g/mol. The quantitative estimate of drug-likeness (QED) is 0.715. The molecule has 0 saturated carbocycles. The number of aromatic nitrogens is 2. The molecule has 6 nitrogen and oxygen atoms in total. The summed E-state index contributed by atoms with van der Waals surface area (Å²) in [6.45, 7) is 0.444. The number of cyclic esters (lactones) is 1. The molecule has 0 aromatic carbocycles. The lowest BCUT2D eigenvalue weighted by atomic mass is 10.2. The van der Waals surface area contributed by atoms with Gasteiger partial charge in [0.2, 0.25) is 5.91 Å². The normalized spacial score (nSPS) is 19.8. The molecule has 1 aromatic heterocycles. The smallest absolute Gasteiger partial charge is 0.331 e. The maximum absolute atomic E-state index is 11.3. The minimum Gasteiger partial charge on any atom is -0.464 e. The van der Waals surface area contributed by atoms with Gasteiger partial charge in [0, 0.05) is 19.0 Å². The molecule has 2 rings (SSSR count). The number of rotatable bonds is 4. The SMILES string of the molecule is NC(=O)CCc1cnn([C@@H]2CCOC2=O)c1. The Hall–Kier alpha value is -1.85. The van der Waals surface area contributed by atoms with Crippen LogP contribution in [0.4, 0.5) is 0 Å². The Morgan fingerprint density at radius 1 is 1.69 bits per heavy atom. The summed E-state index contributed by atoms with van der Waals surface area (Å²) >= 11 is 0. The van der Waals surface area contributed by atoms with Crippen LogP contribution in [0.2, 0.25) is 0 Å². The molecule has 2 N–H and O–H groups in total. The fourth-order valence-corrected chi connectivity index (χ4v) is 1.67. The lowest BCUT2D eigenvalue weighted by molar-refractivity contribution is -0.140. The first kappa shape index (κ1) is 10.7. The molecule has 1 aromatic rings. The van der Waals surface area contributed by atoms with Gasteiger partial charge in [0.25, 0.3) is 0 Å². The van der Waals surface area contributed by atoms with E-state index in [1.165, 1.54) is 0 Å². The molecule has 0 bridgehead atoms. The standard InChI is InChI=1S/C10H13N3O3/c11-9(14)2-1-7-5-12-13(6-7)8-3-4-16-10(8)15/h5-6,8H,1-4H2,(H2,11,14)/t8-/m1/s1. The van der Waals surface area contributed by atoms with E-state index in [9.17, 15) is 9.59 Å². The Bertz CT molecular complexity index is 413. The molecule has 0 spiro atoms. The molecule has 1 atom stereocenters. The van der Waals surface area contributed by atoms with Crippen LogP contribution in [-0.4, -0.2) is 28.3 Å². The van der Waals surface area contributed by atoms with Gasteiger partial charge in [-0.25, -0.2) is 4.79 Å². The molecular weight excluding hydrogens is 210 g/mol. The number of ether oxygens (including phenoxy) is 1. The Kier molecular flexibility index (Phi) is 2.89. The number of amides is 1. The Balaban J connectivity index is 2.01. The van der Waals surface area contributed by atoms with Crippen molar-refractivity contribution in [3.63, 3.8) is 0 Å². The number of carbonyl (C=O) groups excluding carboxylic acids is 2. The average Bonchev–Trinajstić information content (AvgIpc) is 2.83. The van der Waals surface area contributed by atoms with Gasteiger partial charge in [-0.1, -0.05) is 0 Å². The van der Waals surface area contributed by atoms with Gasteiger partial charge in [-0.2, -0.15) is 5.10 Å². The summed E-state index contributed by atoms with van der Waals surface area (Å²) in [7, 11) is 0. The predicted molar refractivity (Wildman–Crippen MR) is 54.4 cm³/mol. The highest BCUT2D eigenvalue weighted by atomic mass is 16.5. The van der Waals surface area contributed by atoms with Crippen molar-refractivity contribution in [2.75, 3.05) is 6.61 Å². The van der Waals surface area contributed by atoms with Crippen LogP contribution in [0.1, 0.15) is 24.4 Å². The van der Waals surface area contributed by atoms with Crippen LogP contribution in [0.3, 0.4) is 0 Å².